The standard InChI is InChI=1S/C12H20N2OS/c1-4-13-10(3)5-12(15)14-6-11-8-16-7-9(11)2/h7-8,10,13H,4-6H2,1-3H3,(H,14,15). The molecule has 1 aromatic rings. The number of thiophene rings is 1. The minimum atomic E-state index is 0.110. The summed E-state index contributed by atoms with van der Waals surface area (Å²) in [5, 5.41) is 10.4. The summed E-state index contributed by atoms with van der Waals surface area (Å²) < 4.78 is 0. The summed E-state index contributed by atoms with van der Waals surface area (Å²) in [6.45, 7) is 7.69. The van der Waals surface area contributed by atoms with E-state index in [0.717, 1.165) is 6.54 Å². The summed E-state index contributed by atoms with van der Waals surface area (Å²) in [5.74, 6) is 0.110. The van der Waals surface area contributed by atoms with Crippen molar-refractivity contribution >= 4 is 17.2 Å². The molecule has 1 heterocycles. The van der Waals surface area contributed by atoms with E-state index >= 15 is 0 Å². The number of hydrogen-bond donors (Lipinski definition) is 2. The van der Waals surface area contributed by atoms with E-state index in [9.17, 15) is 4.79 Å². The van der Waals surface area contributed by atoms with Crippen LogP contribution in [0.2, 0.25) is 0 Å². The Balaban J connectivity index is 2.28. The zero-order valence-corrected chi connectivity index (χ0v) is 11.0. The maximum atomic E-state index is 11.6. The third kappa shape index (κ3) is 4.33. The molecular weight excluding hydrogens is 220 g/mol. The molecule has 0 aromatic carbocycles. The lowest BCUT2D eigenvalue weighted by molar-refractivity contribution is -0.121. The van der Waals surface area contributed by atoms with Crippen LogP contribution in [-0.2, 0) is 11.3 Å². The molecule has 0 spiro atoms. The van der Waals surface area contributed by atoms with Crippen molar-refractivity contribution < 1.29 is 4.79 Å². The van der Waals surface area contributed by atoms with Gasteiger partial charge in [0, 0.05) is 19.0 Å². The van der Waals surface area contributed by atoms with Crippen molar-refractivity contribution in [3.05, 3.63) is 21.9 Å². The van der Waals surface area contributed by atoms with Crippen LogP contribution in [0.5, 0.6) is 0 Å². The quantitative estimate of drug-likeness (QED) is 0.799. The first-order valence-corrected chi connectivity index (χ1v) is 6.59. The molecule has 0 aliphatic heterocycles. The van der Waals surface area contributed by atoms with E-state index < -0.39 is 0 Å². The van der Waals surface area contributed by atoms with Crippen LogP contribution in [0.15, 0.2) is 10.8 Å². The Hall–Kier alpha value is -0.870. The molecule has 0 aliphatic carbocycles. The molecule has 0 fully saturated rings. The molecule has 0 radical (unpaired) electrons. The van der Waals surface area contributed by atoms with E-state index in [2.05, 4.69) is 28.3 Å². The van der Waals surface area contributed by atoms with E-state index in [-0.39, 0.29) is 11.9 Å². The number of amides is 1. The molecule has 0 saturated heterocycles. The second-order valence-corrected chi connectivity index (χ2v) is 4.76. The molecule has 0 saturated carbocycles. The average molecular weight is 240 g/mol. The van der Waals surface area contributed by atoms with Gasteiger partial charge in [0.05, 0.1) is 0 Å². The first kappa shape index (κ1) is 13.2. The highest BCUT2D eigenvalue weighted by atomic mass is 32.1. The van der Waals surface area contributed by atoms with E-state index in [0.29, 0.717) is 13.0 Å². The largest absolute Gasteiger partial charge is 0.352 e. The minimum Gasteiger partial charge on any atom is -0.352 e. The van der Waals surface area contributed by atoms with Crippen LogP contribution in [0, 0.1) is 6.92 Å². The van der Waals surface area contributed by atoms with Crippen LogP contribution in [-0.4, -0.2) is 18.5 Å². The van der Waals surface area contributed by atoms with Crippen molar-refractivity contribution in [3.8, 4) is 0 Å². The fourth-order valence-corrected chi connectivity index (χ4v) is 2.39. The Bertz CT molecular complexity index is 336. The molecule has 0 bridgehead atoms. The number of hydrogen-bond acceptors (Lipinski definition) is 3. The molecule has 4 heteroatoms. The molecular formula is C12H20N2OS. The molecule has 1 amide bonds. The predicted molar refractivity (Wildman–Crippen MR) is 68.7 cm³/mol. The number of carbonyl (C=O) groups is 1. The summed E-state index contributed by atoms with van der Waals surface area (Å²) in [7, 11) is 0. The molecule has 1 rings (SSSR count). The second kappa shape index (κ2) is 6.66. The van der Waals surface area contributed by atoms with Crippen molar-refractivity contribution in [1.29, 1.82) is 0 Å². The van der Waals surface area contributed by atoms with Gasteiger partial charge in [0.15, 0.2) is 0 Å². The molecule has 16 heavy (non-hydrogen) atoms. The van der Waals surface area contributed by atoms with Crippen LogP contribution < -0.4 is 10.6 Å². The first-order chi connectivity index (χ1) is 7.63. The normalized spacial score (nSPS) is 12.4. The lowest BCUT2D eigenvalue weighted by atomic mass is 10.2. The van der Waals surface area contributed by atoms with Gasteiger partial charge in [-0.25, -0.2) is 0 Å². The van der Waals surface area contributed by atoms with Crippen molar-refractivity contribution in [3.63, 3.8) is 0 Å². The van der Waals surface area contributed by atoms with Gasteiger partial charge in [0.1, 0.15) is 0 Å². The average Bonchev–Trinajstić information content (AvgIpc) is 2.61. The highest BCUT2D eigenvalue weighted by Crippen LogP contribution is 2.12. The fraction of sp³-hybridized carbons (Fsp3) is 0.583. The maximum Gasteiger partial charge on any atom is 0.221 e. The molecule has 1 unspecified atom stereocenters. The molecule has 1 aromatic heterocycles. The maximum absolute atomic E-state index is 11.6. The van der Waals surface area contributed by atoms with Gasteiger partial charge in [-0.05, 0) is 42.3 Å². The fourth-order valence-electron chi connectivity index (χ4n) is 1.53. The number of rotatable bonds is 6. The van der Waals surface area contributed by atoms with Gasteiger partial charge >= 0.3 is 0 Å². The topological polar surface area (TPSA) is 41.1 Å². The van der Waals surface area contributed by atoms with E-state index in [1.54, 1.807) is 11.3 Å². The Morgan fingerprint density at radius 3 is 2.81 bits per heavy atom. The SMILES string of the molecule is CCNC(C)CC(=O)NCc1cscc1C. The molecule has 0 aliphatic rings. The smallest absolute Gasteiger partial charge is 0.221 e. The Morgan fingerprint density at radius 1 is 1.50 bits per heavy atom. The van der Waals surface area contributed by atoms with E-state index in [1.165, 1.54) is 11.1 Å². The minimum absolute atomic E-state index is 0.110. The third-order valence-electron chi connectivity index (χ3n) is 2.48. The zero-order valence-electron chi connectivity index (χ0n) is 10.2. The van der Waals surface area contributed by atoms with Crippen LogP contribution in [0.1, 0.15) is 31.4 Å². The molecule has 2 N–H and O–H groups in total. The van der Waals surface area contributed by atoms with Gasteiger partial charge < -0.3 is 10.6 Å². The monoisotopic (exact) mass is 240 g/mol. The first-order valence-electron chi connectivity index (χ1n) is 5.65. The van der Waals surface area contributed by atoms with Gasteiger partial charge in [-0.15, -0.1) is 0 Å². The lowest BCUT2D eigenvalue weighted by Gasteiger charge is -2.12. The highest BCUT2D eigenvalue weighted by Gasteiger charge is 2.08. The summed E-state index contributed by atoms with van der Waals surface area (Å²) in [6, 6.07) is 0.244. The summed E-state index contributed by atoms with van der Waals surface area (Å²) in [5.41, 5.74) is 2.47. The van der Waals surface area contributed by atoms with Crippen molar-refractivity contribution in [2.45, 2.75) is 39.8 Å². The highest BCUT2D eigenvalue weighted by molar-refractivity contribution is 7.08. The van der Waals surface area contributed by atoms with Crippen molar-refractivity contribution in [2.24, 2.45) is 0 Å². The van der Waals surface area contributed by atoms with E-state index in [4.69, 9.17) is 0 Å². The molecule has 3 nitrogen and oxygen atoms in total. The Kier molecular flexibility index (Phi) is 5.49. The number of aryl methyl sites for hydroxylation is 1. The van der Waals surface area contributed by atoms with Gasteiger partial charge in [-0.3, -0.25) is 4.79 Å². The second-order valence-electron chi connectivity index (χ2n) is 4.02. The van der Waals surface area contributed by atoms with Gasteiger partial charge in [-0.2, -0.15) is 11.3 Å². The van der Waals surface area contributed by atoms with Crippen LogP contribution in [0.25, 0.3) is 0 Å². The summed E-state index contributed by atoms with van der Waals surface area (Å²) in [6.07, 6.45) is 0.539. The summed E-state index contributed by atoms with van der Waals surface area (Å²) in [4.78, 5) is 11.6. The van der Waals surface area contributed by atoms with Crippen LogP contribution in [0.4, 0.5) is 0 Å². The predicted octanol–water partition coefficient (Wildman–Crippen LogP) is 2.06. The Labute approximate surface area is 101 Å². The third-order valence-corrected chi connectivity index (χ3v) is 3.39. The van der Waals surface area contributed by atoms with Crippen molar-refractivity contribution in [2.75, 3.05) is 6.54 Å². The lowest BCUT2D eigenvalue weighted by Crippen LogP contribution is -2.33. The molecule has 90 valence electrons. The van der Waals surface area contributed by atoms with Gasteiger partial charge in [0.25, 0.3) is 0 Å². The molecule has 1 atom stereocenters. The van der Waals surface area contributed by atoms with Gasteiger partial charge in [0.2, 0.25) is 5.91 Å². The number of carbonyl (C=O) groups excluding carboxylic acids is 1. The zero-order chi connectivity index (χ0) is 12.0. The van der Waals surface area contributed by atoms with Crippen molar-refractivity contribution in [1.82, 2.24) is 10.6 Å². The van der Waals surface area contributed by atoms with Gasteiger partial charge in [-0.1, -0.05) is 6.92 Å². The number of nitrogens with one attached hydrogen (secondary N) is 2. The van der Waals surface area contributed by atoms with Crippen LogP contribution >= 0.6 is 11.3 Å². The summed E-state index contributed by atoms with van der Waals surface area (Å²) >= 11 is 1.68. The van der Waals surface area contributed by atoms with E-state index in [1.807, 2.05) is 13.8 Å². The Morgan fingerprint density at radius 2 is 2.25 bits per heavy atom. The van der Waals surface area contributed by atoms with Crippen LogP contribution in [0.3, 0.4) is 0 Å².